The minimum Gasteiger partial charge on any atom is -0.493 e. The molecule has 1 amide bonds. The number of carbonyl (C=O) groups excluding carboxylic acids is 1. The van der Waals surface area contributed by atoms with E-state index in [0.29, 0.717) is 32.8 Å². The van der Waals surface area contributed by atoms with Crippen LogP contribution in [-0.4, -0.2) is 39.4 Å². The average Bonchev–Trinajstić information content (AvgIpc) is 2.70. The summed E-state index contributed by atoms with van der Waals surface area (Å²) in [5, 5.41) is 3.08. The molecule has 0 bridgehead atoms. The van der Waals surface area contributed by atoms with Crippen LogP contribution in [0.15, 0.2) is 24.3 Å². The molecule has 0 saturated carbocycles. The zero-order valence-corrected chi connectivity index (χ0v) is 12.5. The third-order valence-corrected chi connectivity index (χ3v) is 3.43. The highest BCUT2D eigenvalue weighted by molar-refractivity contribution is 5.76. The molecule has 0 saturated heterocycles. The van der Waals surface area contributed by atoms with Crippen LogP contribution in [-0.2, 0) is 14.3 Å². The first-order valence-electron chi connectivity index (χ1n) is 7.39. The number of ether oxygens (including phenoxy) is 3. The average molecular weight is 293 g/mol. The van der Waals surface area contributed by atoms with Gasteiger partial charge < -0.3 is 19.5 Å². The van der Waals surface area contributed by atoms with Gasteiger partial charge in [0.2, 0.25) is 5.91 Å². The summed E-state index contributed by atoms with van der Waals surface area (Å²) in [6.07, 6.45) is 2.19. The molecule has 5 heteroatoms. The molecule has 0 radical (unpaired) electrons. The summed E-state index contributed by atoms with van der Waals surface area (Å²) in [6.45, 7) is 2.18. The second kappa shape index (κ2) is 8.64. The quantitative estimate of drug-likeness (QED) is 0.782. The first-order valence-corrected chi connectivity index (χ1v) is 7.39. The number of amides is 1. The van der Waals surface area contributed by atoms with Crippen LogP contribution in [0.5, 0.6) is 5.75 Å². The van der Waals surface area contributed by atoms with Gasteiger partial charge in [0, 0.05) is 19.1 Å². The zero-order chi connectivity index (χ0) is 14.9. The van der Waals surface area contributed by atoms with Crippen LogP contribution in [0.1, 0.15) is 30.9 Å². The van der Waals surface area contributed by atoms with Gasteiger partial charge in [-0.2, -0.15) is 0 Å². The van der Waals surface area contributed by atoms with Crippen molar-refractivity contribution in [2.45, 2.75) is 25.3 Å². The van der Waals surface area contributed by atoms with Gasteiger partial charge in [0.15, 0.2) is 0 Å². The summed E-state index contributed by atoms with van der Waals surface area (Å²) in [5.41, 5.74) is 1.06. The van der Waals surface area contributed by atoms with Gasteiger partial charge in [0.05, 0.1) is 32.5 Å². The number of benzene rings is 1. The number of carbonyl (C=O) groups is 1. The Labute approximate surface area is 125 Å². The van der Waals surface area contributed by atoms with Crippen LogP contribution >= 0.6 is 0 Å². The van der Waals surface area contributed by atoms with Crippen molar-refractivity contribution in [2.24, 2.45) is 0 Å². The van der Waals surface area contributed by atoms with E-state index in [4.69, 9.17) is 14.2 Å². The molecule has 21 heavy (non-hydrogen) atoms. The van der Waals surface area contributed by atoms with Crippen molar-refractivity contribution in [2.75, 3.05) is 33.5 Å². The van der Waals surface area contributed by atoms with Crippen LogP contribution in [0, 0.1) is 0 Å². The summed E-state index contributed by atoms with van der Waals surface area (Å²) in [4.78, 5) is 12.0. The molecule has 1 aromatic carbocycles. The summed E-state index contributed by atoms with van der Waals surface area (Å²) >= 11 is 0. The molecule has 2 rings (SSSR count). The minimum atomic E-state index is 0.00844. The molecule has 0 aliphatic carbocycles. The highest BCUT2D eigenvalue weighted by Gasteiger charge is 2.20. The molecule has 116 valence electrons. The third kappa shape index (κ3) is 5.02. The van der Waals surface area contributed by atoms with Crippen LogP contribution in [0.4, 0.5) is 0 Å². The predicted octanol–water partition coefficient (Wildman–Crippen LogP) is 2.07. The fourth-order valence-electron chi connectivity index (χ4n) is 2.35. The largest absolute Gasteiger partial charge is 0.493 e. The molecule has 1 aliphatic heterocycles. The fraction of sp³-hybridized carbons (Fsp3) is 0.562. The van der Waals surface area contributed by atoms with Crippen LogP contribution < -0.4 is 10.1 Å². The first kappa shape index (κ1) is 15.8. The Morgan fingerprint density at radius 3 is 3.05 bits per heavy atom. The van der Waals surface area contributed by atoms with Crippen LogP contribution in [0.2, 0.25) is 0 Å². The van der Waals surface area contributed by atoms with E-state index in [1.165, 1.54) is 0 Å². The van der Waals surface area contributed by atoms with Gasteiger partial charge in [-0.15, -0.1) is 0 Å². The maximum atomic E-state index is 12.0. The Kier molecular flexibility index (Phi) is 6.50. The van der Waals surface area contributed by atoms with Crippen LogP contribution in [0.25, 0.3) is 0 Å². The number of methoxy groups -OCH3 is 1. The van der Waals surface area contributed by atoms with E-state index in [-0.39, 0.29) is 11.9 Å². The minimum absolute atomic E-state index is 0.00844. The van der Waals surface area contributed by atoms with Crippen LogP contribution in [0.3, 0.4) is 0 Å². The Balaban J connectivity index is 1.83. The first-order chi connectivity index (χ1) is 10.3. The molecular formula is C16H23NO4. The molecule has 1 aliphatic rings. The van der Waals surface area contributed by atoms with Gasteiger partial charge in [-0.3, -0.25) is 4.79 Å². The number of hydrogen-bond acceptors (Lipinski definition) is 4. The maximum absolute atomic E-state index is 12.0. The highest BCUT2D eigenvalue weighted by Crippen LogP contribution is 2.31. The number of para-hydroxylation sites is 1. The maximum Gasteiger partial charge on any atom is 0.222 e. The molecule has 0 fully saturated rings. The van der Waals surface area contributed by atoms with Gasteiger partial charge in [-0.25, -0.2) is 0 Å². The summed E-state index contributed by atoms with van der Waals surface area (Å²) in [6, 6.07) is 7.91. The number of hydrogen-bond donors (Lipinski definition) is 1. The number of rotatable bonds is 7. The normalized spacial score (nSPS) is 17.5. The molecule has 1 heterocycles. The van der Waals surface area contributed by atoms with Gasteiger partial charge in [-0.05, 0) is 18.9 Å². The van der Waals surface area contributed by atoms with E-state index in [2.05, 4.69) is 5.32 Å². The SMILES string of the molecule is COCCOCCC(=O)N[C@H]1CCCOc2ccccc21. The standard InChI is InChI=1S/C16H23NO4/c1-19-11-12-20-10-8-16(18)17-14-6-4-9-21-15-7-3-2-5-13(14)15/h2-3,5,7,14H,4,6,8-12H2,1H3,(H,17,18)/t14-/m0/s1. The topological polar surface area (TPSA) is 56.8 Å². The monoisotopic (exact) mass is 293 g/mol. The van der Waals surface area contributed by atoms with Crippen molar-refractivity contribution in [3.05, 3.63) is 29.8 Å². The fourth-order valence-corrected chi connectivity index (χ4v) is 2.35. The van der Waals surface area contributed by atoms with E-state index in [1.54, 1.807) is 7.11 Å². The van der Waals surface area contributed by atoms with E-state index in [0.717, 1.165) is 24.2 Å². The smallest absolute Gasteiger partial charge is 0.222 e. The second-order valence-corrected chi connectivity index (χ2v) is 5.00. The highest BCUT2D eigenvalue weighted by atomic mass is 16.5. The Morgan fingerprint density at radius 2 is 2.19 bits per heavy atom. The summed E-state index contributed by atoms with van der Waals surface area (Å²) < 4.78 is 15.9. The molecule has 0 unspecified atom stereocenters. The summed E-state index contributed by atoms with van der Waals surface area (Å²) in [7, 11) is 1.63. The Morgan fingerprint density at radius 1 is 1.33 bits per heavy atom. The molecular weight excluding hydrogens is 270 g/mol. The number of fused-ring (bicyclic) bond motifs is 1. The molecule has 5 nitrogen and oxygen atoms in total. The second-order valence-electron chi connectivity index (χ2n) is 5.00. The summed E-state index contributed by atoms with van der Waals surface area (Å²) in [5.74, 6) is 0.880. The van der Waals surface area contributed by atoms with Gasteiger partial charge in [0.25, 0.3) is 0 Å². The van der Waals surface area contributed by atoms with Gasteiger partial charge >= 0.3 is 0 Å². The lowest BCUT2D eigenvalue weighted by Crippen LogP contribution is -2.29. The Bertz CT molecular complexity index is 450. The van der Waals surface area contributed by atoms with E-state index >= 15 is 0 Å². The molecule has 0 spiro atoms. The molecule has 1 aromatic rings. The lowest BCUT2D eigenvalue weighted by atomic mass is 10.0. The molecule has 1 atom stereocenters. The lowest BCUT2D eigenvalue weighted by Gasteiger charge is -2.18. The molecule has 0 aromatic heterocycles. The van der Waals surface area contributed by atoms with Crippen molar-refractivity contribution in [1.29, 1.82) is 0 Å². The van der Waals surface area contributed by atoms with E-state index in [1.807, 2.05) is 24.3 Å². The van der Waals surface area contributed by atoms with Crippen molar-refractivity contribution >= 4 is 5.91 Å². The molecule has 1 N–H and O–H groups in total. The number of nitrogens with one attached hydrogen (secondary N) is 1. The predicted molar refractivity (Wildman–Crippen MR) is 79.4 cm³/mol. The lowest BCUT2D eigenvalue weighted by molar-refractivity contribution is -0.123. The van der Waals surface area contributed by atoms with Gasteiger partial charge in [-0.1, -0.05) is 18.2 Å². The van der Waals surface area contributed by atoms with E-state index in [9.17, 15) is 4.79 Å². The zero-order valence-electron chi connectivity index (χ0n) is 12.5. The van der Waals surface area contributed by atoms with E-state index < -0.39 is 0 Å². The van der Waals surface area contributed by atoms with Crippen molar-refractivity contribution < 1.29 is 19.0 Å². The third-order valence-electron chi connectivity index (χ3n) is 3.43. The van der Waals surface area contributed by atoms with Crippen molar-refractivity contribution in [1.82, 2.24) is 5.32 Å². The van der Waals surface area contributed by atoms with Crippen molar-refractivity contribution in [3.8, 4) is 5.75 Å². The Hall–Kier alpha value is -1.59. The van der Waals surface area contributed by atoms with Crippen molar-refractivity contribution in [3.63, 3.8) is 0 Å². The van der Waals surface area contributed by atoms with Gasteiger partial charge in [0.1, 0.15) is 5.75 Å².